The lowest BCUT2D eigenvalue weighted by molar-refractivity contribution is -0.124. The first kappa shape index (κ1) is 15.9. The molecule has 0 aliphatic heterocycles. The van der Waals surface area contributed by atoms with Gasteiger partial charge in [0, 0.05) is 6.20 Å². The molecule has 1 heterocycles. The fraction of sp³-hybridized carbons (Fsp3) is 0.615. The number of aromatic nitrogens is 2. The molecule has 1 aromatic rings. The minimum Gasteiger partial charge on any atom is -0.368 e. The monoisotopic (exact) mass is 282 g/mol. The molecule has 1 aromatic heterocycles. The van der Waals surface area contributed by atoms with Gasteiger partial charge in [0.1, 0.15) is 6.33 Å². The molecule has 3 N–H and O–H groups in total. The Morgan fingerprint density at radius 2 is 2.37 bits per heavy atom. The maximum atomic E-state index is 11.5. The van der Waals surface area contributed by atoms with Crippen LogP contribution in [0.25, 0.3) is 0 Å². The van der Waals surface area contributed by atoms with Crippen LogP contribution in [0.5, 0.6) is 0 Å². The summed E-state index contributed by atoms with van der Waals surface area (Å²) in [5, 5.41) is 4.19. The van der Waals surface area contributed by atoms with Crippen LogP contribution >= 0.6 is 11.8 Å². The van der Waals surface area contributed by atoms with Gasteiger partial charge >= 0.3 is 0 Å². The molecule has 106 valence electrons. The Bertz CT molecular complexity index is 387. The number of nitrogens with zero attached hydrogens (tertiary/aromatic N) is 2. The Morgan fingerprint density at radius 1 is 1.58 bits per heavy atom. The molecule has 1 amide bonds. The molecule has 0 radical (unpaired) electrons. The molecule has 0 spiro atoms. The third kappa shape index (κ3) is 5.57. The van der Waals surface area contributed by atoms with Crippen molar-refractivity contribution in [3.8, 4) is 0 Å². The Hall–Kier alpha value is -1.14. The van der Waals surface area contributed by atoms with Crippen molar-refractivity contribution in [2.45, 2.75) is 43.7 Å². The highest BCUT2D eigenvalue weighted by Gasteiger charge is 2.29. The van der Waals surface area contributed by atoms with Crippen LogP contribution < -0.4 is 11.1 Å². The van der Waals surface area contributed by atoms with Crippen LogP contribution in [0.3, 0.4) is 0 Å². The summed E-state index contributed by atoms with van der Waals surface area (Å²) in [6.07, 6.45) is 5.90. The minimum atomic E-state index is -0.609. The maximum absolute atomic E-state index is 11.5. The zero-order valence-electron chi connectivity index (χ0n) is 11.6. The first-order chi connectivity index (χ1) is 9.08. The Labute approximate surface area is 118 Å². The van der Waals surface area contributed by atoms with Gasteiger partial charge in [-0.15, -0.1) is 11.8 Å². The highest BCUT2D eigenvalue weighted by atomic mass is 32.2. The molecule has 6 heteroatoms. The van der Waals surface area contributed by atoms with Crippen molar-refractivity contribution in [1.29, 1.82) is 0 Å². The van der Waals surface area contributed by atoms with Crippen molar-refractivity contribution < 1.29 is 4.79 Å². The first-order valence-corrected chi connectivity index (χ1v) is 7.51. The van der Waals surface area contributed by atoms with Crippen molar-refractivity contribution in [3.63, 3.8) is 0 Å². The summed E-state index contributed by atoms with van der Waals surface area (Å²) >= 11 is 1.67. The topological polar surface area (TPSA) is 80.9 Å². The van der Waals surface area contributed by atoms with Crippen LogP contribution in [-0.2, 0) is 4.79 Å². The van der Waals surface area contributed by atoms with Crippen molar-refractivity contribution in [1.82, 2.24) is 15.3 Å². The lowest BCUT2D eigenvalue weighted by Gasteiger charge is -2.27. The van der Waals surface area contributed by atoms with E-state index in [1.807, 2.05) is 13.0 Å². The highest BCUT2D eigenvalue weighted by Crippen LogP contribution is 2.19. The number of hydrogen-bond acceptors (Lipinski definition) is 5. The van der Waals surface area contributed by atoms with Crippen LogP contribution in [0.2, 0.25) is 0 Å². The van der Waals surface area contributed by atoms with Gasteiger partial charge < -0.3 is 11.1 Å². The summed E-state index contributed by atoms with van der Waals surface area (Å²) in [5.74, 6) is 0.626. The second-order valence-corrected chi connectivity index (χ2v) is 5.74. The molecular weight excluding hydrogens is 260 g/mol. The molecule has 0 bridgehead atoms. The zero-order valence-corrected chi connectivity index (χ0v) is 12.4. The van der Waals surface area contributed by atoms with Crippen LogP contribution in [0.1, 0.15) is 33.1 Å². The molecule has 5 nitrogen and oxygen atoms in total. The Morgan fingerprint density at radius 3 is 2.95 bits per heavy atom. The van der Waals surface area contributed by atoms with Crippen molar-refractivity contribution in [3.05, 3.63) is 18.6 Å². The molecule has 0 saturated carbocycles. The first-order valence-electron chi connectivity index (χ1n) is 6.52. The van der Waals surface area contributed by atoms with Crippen molar-refractivity contribution >= 4 is 17.7 Å². The summed E-state index contributed by atoms with van der Waals surface area (Å²) in [6.45, 7) is 4.75. The second kappa shape index (κ2) is 8.12. The van der Waals surface area contributed by atoms with Gasteiger partial charge in [-0.25, -0.2) is 9.97 Å². The number of carbonyl (C=O) groups excluding carboxylic acids is 1. The fourth-order valence-corrected chi connectivity index (χ4v) is 2.44. The molecule has 0 aliphatic carbocycles. The number of carbonyl (C=O) groups is 1. The molecule has 1 atom stereocenters. The summed E-state index contributed by atoms with van der Waals surface area (Å²) < 4.78 is 0. The van der Waals surface area contributed by atoms with Crippen molar-refractivity contribution in [2.24, 2.45) is 5.73 Å². The van der Waals surface area contributed by atoms with E-state index in [4.69, 9.17) is 5.73 Å². The van der Waals surface area contributed by atoms with Gasteiger partial charge in [-0.3, -0.25) is 4.79 Å². The van der Waals surface area contributed by atoms with Gasteiger partial charge in [-0.2, -0.15) is 0 Å². The fourth-order valence-electron chi connectivity index (χ4n) is 1.67. The smallest absolute Gasteiger partial charge is 0.237 e. The van der Waals surface area contributed by atoms with E-state index in [2.05, 4.69) is 22.2 Å². The predicted octanol–water partition coefficient (Wildman–Crippen LogP) is 1.59. The average molecular weight is 282 g/mol. The minimum absolute atomic E-state index is 0.284. The number of nitrogens with one attached hydrogen (secondary N) is 1. The number of thioether (sulfide) groups is 1. The van der Waals surface area contributed by atoms with E-state index in [0.717, 1.165) is 36.6 Å². The number of nitrogens with two attached hydrogens (primary N) is 1. The Balaban J connectivity index is 2.34. The maximum Gasteiger partial charge on any atom is 0.237 e. The predicted molar refractivity (Wildman–Crippen MR) is 77.9 cm³/mol. The van der Waals surface area contributed by atoms with Gasteiger partial charge in [-0.05, 0) is 44.6 Å². The molecular formula is C13H22N4OS. The number of rotatable bonds is 9. The van der Waals surface area contributed by atoms with E-state index in [1.54, 1.807) is 24.3 Å². The average Bonchev–Trinajstić information content (AvgIpc) is 2.42. The van der Waals surface area contributed by atoms with Crippen LogP contribution in [0, 0.1) is 0 Å². The van der Waals surface area contributed by atoms with E-state index in [1.165, 1.54) is 0 Å². The zero-order chi connectivity index (χ0) is 14.1. The summed E-state index contributed by atoms with van der Waals surface area (Å²) in [7, 11) is 0. The summed E-state index contributed by atoms with van der Waals surface area (Å²) in [5.41, 5.74) is 4.87. The highest BCUT2D eigenvalue weighted by molar-refractivity contribution is 7.99. The Kier molecular flexibility index (Phi) is 6.80. The molecule has 0 fully saturated rings. The molecule has 0 saturated heterocycles. The normalized spacial score (nSPS) is 14.0. The lowest BCUT2D eigenvalue weighted by Crippen LogP contribution is -2.53. The van der Waals surface area contributed by atoms with Crippen LogP contribution in [0.4, 0.5) is 0 Å². The largest absolute Gasteiger partial charge is 0.368 e. The molecule has 0 aromatic carbocycles. The molecule has 19 heavy (non-hydrogen) atoms. The summed E-state index contributed by atoms with van der Waals surface area (Å²) in [4.78, 5) is 19.5. The van der Waals surface area contributed by atoms with Gasteiger partial charge in [0.2, 0.25) is 5.91 Å². The van der Waals surface area contributed by atoms with E-state index >= 15 is 0 Å². The third-order valence-electron chi connectivity index (χ3n) is 2.93. The number of amides is 1. The van der Waals surface area contributed by atoms with E-state index in [-0.39, 0.29) is 5.91 Å². The van der Waals surface area contributed by atoms with Crippen LogP contribution in [-0.4, -0.2) is 33.7 Å². The summed E-state index contributed by atoms with van der Waals surface area (Å²) in [6, 6.07) is 1.88. The second-order valence-electron chi connectivity index (χ2n) is 4.62. The van der Waals surface area contributed by atoms with Gasteiger partial charge in [0.15, 0.2) is 0 Å². The van der Waals surface area contributed by atoms with Crippen molar-refractivity contribution in [2.75, 3.05) is 12.3 Å². The quantitative estimate of drug-likeness (QED) is 0.408. The third-order valence-corrected chi connectivity index (χ3v) is 3.96. The van der Waals surface area contributed by atoms with Gasteiger partial charge in [-0.1, -0.05) is 6.92 Å². The molecule has 0 aliphatic rings. The molecule has 1 rings (SSSR count). The van der Waals surface area contributed by atoms with Gasteiger partial charge in [0.25, 0.3) is 0 Å². The standard InChI is InChI=1S/C13H22N4OS/c1-3-7-17-13(2,12(14)18)6-4-9-19-11-5-8-15-10-16-11/h5,8,10,17H,3-4,6-7,9H2,1-2H3,(H2,14,18). The lowest BCUT2D eigenvalue weighted by atomic mass is 9.95. The van der Waals surface area contributed by atoms with Gasteiger partial charge in [0.05, 0.1) is 10.6 Å². The van der Waals surface area contributed by atoms with Crippen LogP contribution in [0.15, 0.2) is 23.6 Å². The van der Waals surface area contributed by atoms with E-state index < -0.39 is 5.54 Å². The van der Waals surface area contributed by atoms with E-state index in [0.29, 0.717) is 0 Å². The number of primary amides is 1. The SMILES string of the molecule is CCCNC(C)(CCCSc1ccncn1)C(N)=O. The number of hydrogen-bond donors (Lipinski definition) is 2. The molecule has 1 unspecified atom stereocenters. The van der Waals surface area contributed by atoms with E-state index in [9.17, 15) is 4.79 Å².